The number of hydrogen-bond acceptors (Lipinski definition) is 2. The summed E-state index contributed by atoms with van der Waals surface area (Å²) in [7, 11) is 0. The van der Waals surface area contributed by atoms with Crippen molar-refractivity contribution in [1.29, 1.82) is 0 Å². The van der Waals surface area contributed by atoms with Gasteiger partial charge in [0.15, 0.2) is 0 Å². The van der Waals surface area contributed by atoms with Crippen LogP contribution in [0.25, 0.3) is 0 Å². The first-order chi connectivity index (χ1) is 9.34. The SMILES string of the molecule is Cl.N[C@H](c1ccc(N2CCCC2)cc1)C1CCCCC1. The van der Waals surface area contributed by atoms with Crippen molar-refractivity contribution in [3.05, 3.63) is 29.8 Å². The second-order valence-electron chi connectivity index (χ2n) is 6.21. The number of benzene rings is 1. The fourth-order valence-corrected chi connectivity index (χ4v) is 3.65. The van der Waals surface area contributed by atoms with Gasteiger partial charge in [0, 0.05) is 24.8 Å². The van der Waals surface area contributed by atoms with Crippen molar-refractivity contribution in [1.82, 2.24) is 0 Å². The average molecular weight is 295 g/mol. The Morgan fingerprint density at radius 2 is 1.50 bits per heavy atom. The zero-order valence-electron chi connectivity index (χ0n) is 12.3. The largest absolute Gasteiger partial charge is 0.372 e. The minimum Gasteiger partial charge on any atom is -0.372 e. The summed E-state index contributed by atoms with van der Waals surface area (Å²) in [6.45, 7) is 2.43. The number of anilines is 1. The fourth-order valence-electron chi connectivity index (χ4n) is 3.65. The van der Waals surface area contributed by atoms with Crippen LogP contribution in [0.5, 0.6) is 0 Å². The van der Waals surface area contributed by atoms with Crippen LogP contribution in [0.3, 0.4) is 0 Å². The first-order valence-electron chi connectivity index (χ1n) is 7.95. The fraction of sp³-hybridized carbons (Fsp3) is 0.647. The van der Waals surface area contributed by atoms with Gasteiger partial charge in [0.2, 0.25) is 0 Å². The van der Waals surface area contributed by atoms with Crippen LogP contribution in [-0.2, 0) is 0 Å². The molecule has 1 aromatic carbocycles. The molecule has 1 saturated carbocycles. The minimum atomic E-state index is 0. The Morgan fingerprint density at radius 3 is 2.10 bits per heavy atom. The van der Waals surface area contributed by atoms with Crippen molar-refractivity contribution in [2.75, 3.05) is 18.0 Å². The number of hydrogen-bond donors (Lipinski definition) is 1. The molecular weight excluding hydrogens is 268 g/mol. The van der Waals surface area contributed by atoms with Crippen molar-refractivity contribution in [2.24, 2.45) is 11.7 Å². The highest BCUT2D eigenvalue weighted by Gasteiger charge is 2.22. The van der Waals surface area contributed by atoms with Crippen LogP contribution in [0.4, 0.5) is 5.69 Å². The van der Waals surface area contributed by atoms with Gasteiger partial charge in [0.1, 0.15) is 0 Å². The van der Waals surface area contributed by atoms with Crippen molar-refractivity contribution in [2.45, 2.75) is 51.0 Å². The molecule has 0 unspecified atom stereocenters. The van der Waals surface area contributed by atoms with E-state index in [9.17, 15) is 0 Å². The van der Waals surface area contributed by atoms with Gasteiger partial charge in [-0.3, -0.25) is 0 Å². The third kappa shape index (κ3) is 3.48. The number of halogens is 1. The summed E-state index contributed by atoms with van der Waals surface area (Å²) in [5, 5.41) is 0. The average Bonchev–Trinajstić information content (AvgIpc) is 3.02. The predicted octanol–water partition coefficient (Wildman–Crippen LogP) is 4.29. The summed E-state index contributed by atoms with van der Waals surface area (Å²) in [6, 6.07) is 9.29. The van der Waals surface area contributed by atoms with Gasteiger partial charge in [-0.15, -0.1) is 12.4 Å². The predicted molar refractivity (Wildman–Crippen MR) is 88.6 cm³/mol. The highest BCUT2D eigenvalue weighted by atomic mass is 35.5. The molecule has 2 nitrogen and oxygen atoms in total. The maximum Gasteiger partial charge on any atom is 0.0366 e. The molecular formula is C17H27ClN2. The van der Waals surface area contributed by atoms with E-state index in [1.807, 2.05) is 0 Å². The van der Waals surface area contributed by atoms with E-state index in [0.29, 0.717) is 5.92 Å². The molecule has 0 radical (unpaired) electrons. The van der Waals surface area contributed by atoms with E-state index < -0.39 is 0 Å². The summed E-state index contributed by atoms with van der Waals surface area (Å²) in [5.74, 6) is 0.700. The van der Waals surface area contributed by atoms with Crippen LogP contribution in [0.1, 0.15) is 56.6 Å². The Hall–Kier alpha value is -0.730. The van der Waals surface area contributed by atoms with E-state index in [1.54, 1.807) is 0 Å². The van der Waals surface area contributed by atoms with Crippen molar-refractivity contribution < 1.29 is 0 Å². The maximum absolute atomic E-state index is 6.46. The number of rotatable bonds is 3. The molecule has 3 heteroatoms. The third-order valence-corrected chi connectivity index (χ3v) is 4.91. The topological polar surface area (TPSA) is 29.3 Å². The molecule has 112 valence electrons. The highest BCUT2D eigenvalue weighted by molar-refractivity contribution is 5.85. The molecule has 3 rings (SSSR count). The van der Waals surface area contributed by atoms with E-state index in [2.05, 4.69) is 29.2 Å². The van der Waals surface area contributed by atoms with Crippen molar-refractivity contribution in [3.8, 4) is 0 Å². The molecule has 0 bridgehead atoms. The molecule has 2 fully saturated rings. The van der Waals surface area contributed by atoms with Crippen LogP contribution in [0, 0.1) is 5.92 Å². The molecule has 0 spiro atoms. The Morgan fingerprint density at radius 1 is 0.900 bits per heavy atom. The molecule has 20 heavy (non-hydrogen) atoms. The van der Waals surface area contributed by atoms with Crippen LogP contribution in [-0.4, -0.2) is 13.1 Å². The second kappa shape index (κ2) is 7.33. The summed E-state index contributed by atoms with van der Waals surface area (Å²) in [5.41, 5.74) is 9.16. The van der Waals surface area contributed by atoms with E-state index in [4.69, 9.17) is 5.73 Å². The highest BCUT2D eigenvalue weighted by Crippen LogP contribution is 2.33. The first kappa shape index (κ1) is 15.7. The minimum absolute atomic E-state index is 0. The van der Waals surface area contributed by atoms with Gasteiger partial charge < -0.3 is 10.6 Å². The Labute approximate surface area is 129 Å². The molecule has 1 saturated heterocycles. The summed E-state index contributed by atoms with van der Waals surface area (Å²) in [4.78, 5) is 2.48. The van der Waals surface area contributed by atoms with Crippen LogP contribution < -0.4 is 10.6 Å². The van der Waals surface area contributed by atoms with Gasteiger partial charge in [0.25, 0.3) is 0 Å². The molecule has 1 aromatic rings. The molecule has 2 aliphatic rings. The molecule has 1 heterocycles. The zero-order chi connectivity index (χ0) is 13.1. The molecule has 0 amide bonds. The van der Waals surface area contributed by atoms with Gasteiger partial charge in [-0.1, -0.05) is 31.4 Å². The van der Waals surface area contributed by atoms with Gasteiger partial charge >= 0.3 is 0 Å². The molecule has 2 N–H and O–H groups in total. The van der Waals surface area contributed by atoms with Crippen molar-refractivity contribution in [3.63, 3.8) is 0 Å². The van der Waals surface area contributed by atoms with Gasteiger partial charge in [-0.2, -0.15) is 0 Å². The van der Waals surface area contributed by atoms with Crippen LogP contribution >= 0.6 is 12.4 Å². The first-order valence-corrected chi connectivity index (χ1v) is 7.95. The summed E-state index contributed by atoms with van der Waals surface area (Å²) < 4.78 is 0. The zero-order valence-corrected chi connectivity index (χ0v) is 13.1. The van der Waals surface area contributed by atoms with E-state index >= 15 is 0 Å². The lowest BCUT2D eigenvalue weighted by Gasteiger charge is -2.28. The van der Waals surface area contributed by atoms with E-state index in [0.717, 1.165) is 0 Å². The van der Waals surface area contributed by atoms with Crippen LogP contribution in [0.15, 0.2) is 24.3 Å². The quantitative estimate of drug-likeness (QED) is 0.901. The molecule has 1 aliphatic carbocycles. The van der Waals surface area contributed by atoms with Gasteiger partial charge in [0.05, 0.1) is 0 Å². The maximum atomic E-state index is 6.46. The molecule has 1 atom stereocenters. The molecule has 1 aliphatic heterocycles. The standard InChI is InChI=1S/C17H26N2.ClH/c18-17(14-6-2-1-3-7-14)15-8-10-16(11-9-15)19-12-4-5-13-19;/h8-11,14,17H,1-7,12-13,18H2;1H/t17-;/m0./s1. The monoisotopic (exact) mass is 294 g/mol. The van der Waals surface area contributed by atoms with Crippen LogP contribution in [0.2, 0.25) is 0 Å². The van der Waals surface area contributed by atoms with E-state index in [1.165, 1.54) is 69.3 Å². The lowest BCUT2D eigenvalue weighted by atomic mass is 9.81. The lowest BCUT2D eigenvalue weighted by molar-refractivity contribution is 0.308. The van der Waals surface area contributed by atoms with Crippen molar-refractivity contribution >= 4 is 18.1 Å². The van der Waals surface area contributed by atoms with E-state index in [-0.39, 0.29) is 18.4 Å². The third-order valence-electron chi connectivity index (χ3n) is 4.91. The lowest BCUT2D eigenvalue weighted by Crippen LogP contribution is -2.23. The smallest absolute Gasteiger partial charge is 0.0366 e. The normalized spacial score (nSPS) is 21.6. The van der Waals surface area contributed by atoms with Gasteiger partial charge in [-0.05, 0) is 49.3 Å². The summed E-state index contributed by atoms with van der Waals surface area (Å²) in [6.07, 6.45) is 9.43. The summed E-state index contributed by atoms with van der Waals surface area (Å²) >= 11 is 0. The second-order valence-corrected chi connectivity index (χ2v) is 6.21. The van der Waals surface area contributed by atoms with Gasteiger partial charge in [-0.25, -0.2) is 0 Å². The number of nitrogens with zero attached hydrogens (tertiary/aromatic N) is 1. The Kier molecular flexibility index (Phi) is 5.74. The molecule has 0 aromatic heterocycles. The Bertz CT molecular complexity index is 392. The Balaban J connectivity index is 0.00000147. The number of nitrogens with two attached hydrogens (primary N) is 1.